The summed E-state index contributed by atoms with van der Waals surface area (Å²) in [4.78, 5) is 3.93. The summed E-state index contributed by atoms with van der Waals surface area (Å²) in [6, 6.07) is 0. The lowest BCUT2D eigenvalue weighted by molar-refractivity contribution is 0.0260. The molecule has 0 aliphatic carbocycles. The summed E-state index contributed by atoms with van der Waals surface area (Å²) in [5.41, 5.74) is 0. The van der Waals surface area contributed by atoms with Gasteiger partial charge in [0, 0.05) is 19.4 Å². The van der Waals surface area contributed by atoms with Gasteiger partial charge in [0.2, 0.25) is 0 Å². The van der Waals surface area contributed by atoms with Crippen molar-refractivity contribution in [2.24, 2.45) is 0 Å². The number of hydrogen-bond donors (Lipinski definition) is 1. The number of nitrogens with zero attached hydrogens (tertiary/aromatic N) is 2. The first-order chi connectivity index (χ1) is 4.74. The zero-order chi connectivity index (χ0) is 7.56. The van der Waals surface area contributed by atoms with Crippen LogP contribution in [0, 0.1) is 0 Å². The van der Waals surface area contributed by atoms with Crippen molar-refractivity contribution in [1.82, 2.24) is 9.80 Å². The van der Waals surface area contributed by atoms with Crippen LogP contribution in [0.25, 0.3) is 0 Å². The van der Waals surface area contributed by atoms with Crippen LogP contribution in [-0.2, 0) is 0 Å². The Morgan fingerprint density at radius 1 is 1.60 bits per heavy atom. The maximum absolute atomic E-state index is 9.32. The molecule has 1 heterocycles. The van der Waals surface area contributed by atoms with Crippen molar-refractivity contribution in [3.8, 4) is 0 Å². The van der Waals surface area contributed by atoms with Gasteiger partial charge < -0.3 is 14.9 Å². The molecule has 3 heteroatoms. The standard InChI is InChI=1S/C7H14N2O/c1-3-7(10)9-5-4-8(2)6-9/h4-5,7,10H,3,6H2,1-2H3. The zero-order valence-corrected chi connectivity index (χ0v) is 6.49. The van der Waals surface area contributed by atoms with E-state index in [1.165, 1.54) is 0 Å². The predicted octanol–water partition coefficient (Wildman–Crippen LogP) is 0.391. The summed E-state index contributed by atoms with van der Waals surface area (Å²) >= 11 is 0. The van der Waals surface area contributed by atoms with Crippen LogP contribution in [0.2, 0.25) is 0 Å². The van der Waals surface area contributed by atoms with Crippen LogP contribution in [0.5, 0.6) is 0 Å². The van der Waals surface area contributed by atoms with Gasteiger partial charge in [0.25, 0.3) is 0 Å². The molecule has 1 atom stereocenters. The van der Waals surface area contributed by atoms with Gasteiger partial charge in [-0.15, -0.1) is 0 Å². The molecule has 0 bridgehead atoms. The second-order valence-corrected chi connectivity index (χ2v) is 2.60. The summed E-state index contributed by atoms with van der Waals surface area (Å²) in [6.45, 7) is 2.77. The van der Waals surface area contributed by atoms with Crippen LogP contribution in [0.1, 0.15) is 13.3 Å². The molecule has 10 heavy (non-hydrogen) atoms. The quantitative estimate of drug-likeness (QED) is 0.604. The molecule has 0 saturated carbocycles. The first kappa shape index (κ1) is 7.41. The van der Waals surface area contributed by atoms with Gasteiger partial charge in [-0.25, -0.2) is 0 Å². The maximum atomic E-state index is 9.32. The largest absolute Gasteiger partial charge is 0.374 e. The van der Waals surface area contributed by atoms with Crippen LogP contribution in [0.3, 0.4) is 0 Å². The van der Waals surface area contributed by atoms with E-state index in [1.54, 1.807) is 0 Å². The lowest BCUT2D eigenvalue weighted by atomic mass is 10.4. The van der Waals surface area contributed by atoms with Crippen molar-refractivity contribution in [2.75, 3.05) is 13.7 Å². The van der Waals surface area contributed by atoms with E-state index in [1.807, 2.05) is 36.2 Å². The van der Waals surface area contributed by atoms with E-state index >= 15 is 0 Å². The molecular weight excluding hydrogens is 128 g/mol. The van der Waals surface area contributed by atoms with Gasteiger partial charge in [0.05, 0.1) is 6.67 Å². The lowest BCUT2D eigenvalue weighted by Crippen LogP contribution is -2.31. The van der Waals surface area contributed by atoms with E-state index in [0.29, 0.717) is 0 Å². The Kier molecular flexibility index (Phi) is 2.17. The second-order valence-electron chi connectivity index (χ2n) is 2.60. The molecule has 1 unspecified atom stereocenters. The van der Waals surface area contributed by atoms with Crippen molar-refractivity contribution in [3.63, 3.8) is 0 Å². The Hall–Kier alpha value is -0.700. The minimum Gasteiger partial charge on any atom is -0.374 e. The van der Waals surface area contributed by atoms with Crippen LogP contribution < -0.4 is 0 Å². The molecule has 0 aromatic rings. The molecule has 1 rings (SSSR count). The van der Waals surface area contributed by atoms with Crippen molar-refractivity contribution >= 4 is 0 Å². The summed E-state index contributed by atoms with van der Waals surface area (Å²) in [5, 5.41) is 9.32. The molecule has 3 nitrogen and oxygen atoms in total. The number of rotatable bonds is 2. The Morgan fingerprint density at radius 2 is 2.30 bits per heavy atom. The molecule has 0 amide bonds. The zero-order valence-electron chi connectivity index (χ0n) is 6.49. The SMILES string of the molecule is CCC(O)N1C=CN(C)C1. The molecule has 0 radical (unpaired) electrons. The lowest BCUT2D eigenvalue weighted by Gasteiger charge is -2.22. The third-order valence-electron chi connectivity index (χ3n) is 1.65. The Bertz CT molecular complexity index is 136. The fourth-order valence-electron chi connectivity index (χ4n) is 0.979. The van der Waals surface area contributed by atoms with Crippen LogP contribution in [-0.4, -0.2) is 34.9 Å². The molecule has 1 aliphatic heterocycles. The van der Waals surface area contributed by atoms with Gasteiger partial charge in [0.15, 0.2) is 0 Å². The Labute approximate surface area is 61.5 Å². The van der Waals surface area contributed by atoms with Crippen LogP contribution in [0.4, 0.5) is 0 Å². The average Bonchev–Trinajstić information content (AvgIpc) is 2.34. The highest BCUT2D eigenvalue weighted by molar-refractivity contribution is 4.89. The van der Waals surface area contributed by atoms with Crippen molar-refractivity contribution in [2.45, 2.75) is 19.6 Å². The van der Waals surface area contributed by atoms with Gasteiger partial charge in [-0.05, 0) is 6.42 Å². The molecule has 0 spiro atoms. The van der Waals surface area contributed by atoms with Crippen molar-refractivity contribution < 1.29 is 5.11 Å². The molecule has 1 aliphatic rings. The Morgan fingerprint density at radius 3 is 2.70 bits per heavy atom. The van der Waals surface area contributed by atoms with Crippen LogP contribution >= 0.6 is 0 Å². The first-order valence-corrected chi connectivity index (χ1v) is 3.56. The van der Waals surface area contributed by atoms with E-state index < -0.39 is 0 Å². The fourth-order valence-corrected chi connectivity index (χ4v) is 0.979. The van der Waals surface area contributed by atoms with Crippen molar-refractivity contribution in [3.05, 3.63) is 12.4 Å². The van der Waals surface area contributed by atoms with E-state index in [-0.39, 0.29) is 6.23 Å². The third-order valence-corrected chi connectivity index (χ3v) is 1.65. The van der Waals surface area contributed by atoms with Crippen LogP contribution in [0.15, 0.2) is 12.4 Å². The second kappa shape index (κ2) is 2.92. The molecule has 0 aromatic heterocycles. The summed E-state index contributed by atoms with van der Waals surface area (Å²) in [7, 11) is 1.98. The molecule has 0 fully saturated rings. The summed E-state index contributed by atoms with van der Waals surface area (Å²) < 4.78 is 0. The molecule has 0 saturated heterocycles. The first-order valence-electron chi connectivity index (χ1n) is 3.56. The van der Waals surface area contributed by atoms with E-state index in [4.69, 9.17) is 0 Å². The van der Waals surface area contributed by atoms with Gasteiger partial charge in [-0.3, -0.25) is 0 Å². The highest BCUT2D eigenvalue weighted by Crippen LogP contribution is 2.08. The molecular formula is C7H14N2O. The number of hydrogen-bond acceptors (Lipinski definition) is 3. The minimum atomic E-state index is -0.318. The minimum absolute atomic E-state index is 0.318. The van der Waals surface area contributed by atoms with E-state index in [9.17, 15) is 5.11 Å². The van der Waals surface area contributed by atoms with E-state index in [2.05, 4.69) is 0 Å². The molecule has 1 N–H and O–H groups in total. The molecule has 0 aromatic carbocycles. The van der Waals surface area contributed by atoms with Gasteiger partial charge >= 0.3 is 0 Å². The van der Waals surface area contributed by atoms with Gasteiger partial charge in [-0.1, -0.05) is 6.92 Å². The highest BCUT2D eigenvalue weighted by Gasteiger charge is 2.14. The number of aliphatic hydroxyl groups is 1. The van der Waals surface area contributed by atoms with Gasteiger partial charge in [-0.2, -0.15) is 0 Å². The van der Waals surface area contributed by atoms with Gasteiger partial charge in [0.1, 0.15) is 6.23 Å². The maximum Gasteiger partial charge on any atom is 0.127 e. The summed E-state index contributed by atoms with van der Waals surface area (Å²) in [6.07, 6.45) is 4.33. The monoisotopic (exact) mass is 142 g/mol. The normalized spacial score (nSPS) is 20.3. The Balaban J connectivity index is 2.38. The highest BCUT2D eigenvalue weighted by atomic mass is 16.3. The average molecular weight is 142 g/mol. The fraction of sp³-hybridized carbons (Fsp3) is 0.714. The topological polar surface area (TPSA) is 26.7 Å². The van der Waals surface area contributed by atoms with Crippen molar-refractivity contribution in [1.29, 1.82) is 0 Å². The predicted molar refractivity (Wildman–Crippen MR) is 39.9 cm³/mol. The molecule has 58 valence electrons. The third kappa shape index (κ3) is 1.42. The van der Waals surface area contributed by atoms with E-state index in [0.717, 1.165) is 13.1 Å². The smallest absolute Gasteiger partial charge is 0.127 e. The summed E-state index contributed by atoms with van der Waals surface area (Å²) in [5.74, 6) is 0. The number of aliphatic hydroxyl groups excluding tert-OH is 1.